The highest BCUT2D eigenvalue weighted by Crippen LogP contribution is 2.28. The summed E-state index contributed by atoms with van der Waals surface area (Å²) in [6, 6.07) is 4.98. The highest BCUT2D eigenvalue weighted by Gasteiger charge is 2.36. The fourth-order valence-corrected chi connectivity index (χ4v) is 3.03. The van der Waals surface area contributed by atoms with Gasteiger partial charge in [-0.1, -0.05) is 0 Å². The number of hydrogen-bond donors (Lipinski definition) is 1. The van der Waals surface area contributed by atoms with Gasteiger partial charge in [0.05, 0.1) is 14.2 Å². The van der Waals surface area contributed by atoms with Crippen LogP contribution in [0.25, 0.3) is 5.78 Å². The normalized spacial score (nSPS) is 11.6. The Bertz CT molecular complexity index is 1070. The first-order valence-electron chi connectivity index (χ1n) is 8.95. The van der Waals surface area contributed by atoms with Crippen molar-refractivity contribution in [1.82, 2.24) is 19.6 Å². The van der Waals surface area contributed by atoms with E-state index in [1.807, 2.05) is 0 Å². The molecule has 0 bridgehead atoms. The van der Waals surface area contributed by atoms with Crippen molar-refractivity contribution in [1.29, 1.82) is 0 Å². The average Bonchev–Trinajstić information content (AvgIpc) is 3.12. The molecule has 0 saturated heterocycles. The number of halogens is 3. The zero-order chi connectivity index (χ0) is 22.1. The number of nitrogens with one attached hydrogen (secondary N) is 1. The molecule has 2 heterocycles. The van der Waals surface area contributed by atoms with E-state index < -0.39 is 12.0 Å². The quantitative estimate of drug-likeness (QED) is 0.654. The average molecular weight is 423 g/mol. The summed E-state index contributed by atoms with van der Waals surface area (Å²) in [7, 11) is 3.01. The predicted molar refractivity (Wildman–Crippen MR) is 102 cm³/mol. The van der Waals surface area contributed by atoms with Crippen LogP contribution < -0.4 is 14.8 Å². The maximum absolute atomic E-state index is 12.9. The van der Waals surface area contributed by atoms with E-state index >= 15 is 0 Å². The van der Waals surface area contributed by atoms with Crippen LogP contribution in [-0.2, 0) is 17.4 Å². The molecule has 0 fully saturated rings. The number of methoxy groups -OCH3 is 2. The van der Waals surface area contributed by atoms with Crippen LogP contribution in [0.3, 0.4) is 0 Å². The van der Waals surface area contributed by atoms with E-state index in [0.717, 1.165) is 4.52 Å². The first-order valence-corrected chi connectivity index (χ1v) is 8.95. The molecule has 11 heteroatoms. The second-order valence-electron chi connectivity index (χ2n) is 6.56. The molecule has 0 radical (unpaired) electrons. The van der Waals surface area contributed by atoms with Crippen LogP contribution in [0, 0.1) is 13.8 Å². The number of carbonyl (C=O) groups excluding carboxylic acids is 1. The third-order valence-electron chi connectivity index (χ3n) is 4.54. The Labute approximate surface area is 170 Å². The molecule has 0 aliphatic heterocycles. The number of rotatable bonds is 6. The molecule has 1 aromatic carbocycles. The van der Waals surface area contributed by atoms with Gasteiger partial charge >= 0.3 is 6.18 Å². The molecule has 30 heavy (non-hydrogen) atoms. The smallest absolute Gasteiger partial charge is 0.453 e. The maximum Gasteiger partial charge on any atom is 0.453 e. The van der Waals surface area contributed by atoms with Gasteiger partial charge in [0.15, 0.2) is 0 Å². The lowest BCUT2D eigenvalue weighted by atomic mass is 10.1. The number of aromatic nitrogens is 4. The van der Waals surface area contributed by atoms with E-state index in [2.05, 4.69) is 20.4 Å². The van der Waals surface area contributed by atoms with Gasteiger partial charge in [-0.3, -0.25) is 4.79 Å². The Morgan fingerprint density at radius 3 is 2.30 bits per heavy atom. The van der Waals surface area contributed by atoms with E-state index in [9.17, 15) is 18.0 Å². The van der Waals surface area contributed by atoms with E-state index in [-0.39, 0.29) is 24.5 Å². The third-order valence-corrected chi connectivity index (χ3v) is 4.54. The zero-order valence-corrected chi connectivity index (χ0v) is 16.8. The topological polar surface area (TPSA) is 90.6 Å². The number of aryl methyl sites for hydroxylation is 2. The van der Waals surface area contributed by atoms with Crippen molar-refractivity contribution in [3.8, 4) is 11.5 Å². The van der Waals surface area contributed by atoms with Gasteiger partial charge in [0.2, 0.25) is 5.91 Å². The van der Waals surface area contributed by atoms with Crippen LogP contribution in [0.5, 0.6) is 11.5 Å². The largest absolute Gasteiger partial charge is 0.497 e. The van der Waals surface area contributed by atoms with Crippen LogP contribution in [0.1, 0.15) is 29.2 Å². The highest BCUT2D eigenvalue weighted by molar-refractivity contribution is 5.91. The molecule has 0 saturated carbocycles. The maximum atomic E-state index is 12.9. The summed E-state index contributed by atoms with van der Waals surface area (Å²) >= 11 is 0. The number of benzene rings is 1. The molecule has 1 N–H and O–H groups in total. The molecule has 0 spiro atoms. The van der Waals surface area contributed by atoms with Crippen LogP contribution in [0.15, 0.2) is 18.2 Å². The Hall–Kier alpha value is -3.37. The summed E-state index contributed by atoms with van der Waals surface area (Å²) in [5.74, 6) is -0.609. The zero-order valence-electron chi connectivity index (χ0n) is 16.8. The summed E-state index contributed by atoms with van der Waals surface area (Å²) in [4.78, 5) is 20.0. The summed E-state index contributed by atoms with van der Waals surface area (Å²) in [5.41, 5.74) is 2.09. The predicted octanol–water partition coefficient (Wildman–Crippen LogP) is 3.35. The molecule has 3 rings (SSSR count). The van der Waals surface area contributed by atoms with Crippen LogP contribution in [-0.4, -0.2) is 39.7 Å². The molecule has 3 aromatic rings. The molecule has 160 valence electrons. The Kier molecular flexibility index (Phi) is 5.81. The van der Waals surface area contributed by atoms with Gasteiger partial charge < -0.3 is 14.8 Å². The Morgan fingerprint density at radius 2 is 1.73 bits per heavy atom. The van der Waals surface area contributed by atoms with Crippen molar-refractivity contribution in [3.63, 3.8) is 0 Å². The number of amides is 1. The summed E-state index contributed by atoms with van der Waals surface area (Å²) in [6.07, 6.45) is -4.30. The van der Waals surface area contributed by atoms with Crippen molar-refractivity contribution in [2.45, 2.75) is 32.9 Å². The van der Waals surface area contributed by atoms with Gasteiger partial charge in [-0.25, -0.2) is 9.50 Å². The van der Waals surface area contributed by atoms with E-state index in [1.54, 1.807) is 32.0 Å². The van der Waals surface area contributed by atoms with Crippen molar-refractivity contribution < 1.29 is 27.4 Å². The lowest BCUT2D eigenvalue weighted by molar-refractivity contribution is -0.144. The molecular weight excluding hydrogens is 403 g/mol. The van der Waals surface area contributed by atoms with E-state index in [0.29, 0.717) is 34.1 Å². The van der Waals surface area contributed by atoms with Crippen LogP contribution in [0.2, 0.25) is 0 Å². The number of alkyl halides is 3. The molecule has 0 aliphatic rings. The fraction of sp³-hybridized carbons (Fsp3) is 0.368. The second-order valence-corrected chi connectivity index (χ2v) is 6.56. The Morgan fingerprint density at radius 1 is 1.10 bits per heavy atom. The first-order chi connectivity index (χ1) is 14.1. The number of carbonyl (C=O) groups is 1. The van der Waals surface area contributed by atoms with Crippen molar-refractivity contribution >= 4 is 17.4 Å². The number of fused-ring (bicyclic) bond motifs is 1. The molecule has 0 atom stereocenters. The number of hydrogen-bond acceptors (Lipinski definition) is 6. The SMILES string of the molecule is COc1cc(NC(=O)CCc2c(C)nc3nc(C(F)(F)F)nn3c2C)cc(OC)c1. The first kappa shape index (κ1) is 21.3. The highest BCUT2D eigenvalue weighted by atomic mass is 19.4. The van der Waals surface area contributed by atoms with Gasteiger partial charge in [0, 0.05) is 41.7 Å². The number of ether oxygens (including phenoxy) is 2. The Balaban J connectivity index is 1.77. The minimum absolute atomic E-state index is 0.0925. The molecule has 2 aromatic heterocycles. The van der Waals surface area contributed by atoms with Crippen molar-refractivity contribution in [2.24, 2.45) is 0 Å². The van der Waals surface area contributed by atoms with Gasteiger partial charge in [0.25, 0.3) is 11.6 Å². The lowest BCUT2D eigenvalue weighted by Crippen LogP contribution is -2.14. The second kappa shape index (κ2) is 8.17. The van der Waals surface area contributed by atoms with Crippen LogP contribution >= 0.6 is 0 Å². The van der Waals surface area contributed by atoms with E-state index in [1.165, 1.54) is 14.2 Å². The van der Waals surface area contributed by atoms with Gasteiger partial charge in [0.1, 0.15) is 11.5 Å². The van der Waals surface area contributed by atoms with E-state index in [4.69, 9.17) is 9.47 Å². The summed E-state index contributed by atoms with van der Waals surface area (Å²) in [5, 5.41) is 6.27. The molecule has 8 nitrogen and oxygen atoms in total. The molecule has 0 aliphatic carbocycles. The van der Waals surface area contributed by atoms with Gasteiger partial charge in [-0.2, -0.15) is 18.2 Å². The van der Waals surface area contributed by atoms with Crippen molar-refractivity contribution in [3.05, 3.63) is 41.0 Å². The standard InChI is InChI=1S/C19H20F3N5O3/c1-10-15(11(2)27-18(23-10)25-17(26-27)19(20,21)22)5-6-16(28)24-12-7-13(29-3)9-14(8-12)30-4/h7-9H,5-6H2,1-4H3,(H,24,28). The fourth-order valence-electron chi connectivity index (χ4n) is 3.03. The molecule has 0 unspecified atom stereocenters. The van der Waals surface area contributed by atoms with Gasteiger partial charge in [-0.15, -0.1) is 5.10 Å². The number of anilines is 1. The van der Waals surface area contributed by atoms with Crippen LogP contribution in [0.4, 0.5) is 18.9 Å². The monoisotopic (exact) mass is 423 g/mol. The van der Waals surface area contributed by atoms with Crippen molar-refractivity contribution in [2.75, 3.05) is 19.5 Å². The third kappa shape index (κ3) is 4.44. The molecule has 1 amide bonds. The lowest BCUT2D eigenvalue weighted by Gasteiger charge is -2.12. The minimum Gasteiger partial charge on any atom is -0.497 e. The number of nitrogens with zero attached hydrogens (tertiary/aromatic N) is 4. The molecular formula is C19H20F3N5O3. The van der Waals surface area contributed by atoms with Gasteiger partial charge in [-0.05, 0) is 25.8 Å². The summed E-state index contributed by atoms with van der Waals surface area (Å²) < 4.78 is 50.1. The summed E-state index contributed by atoms with van der Waals surface area (Å²) in [6.45, 7) is 3.28. The minimum atomic E-state index is -4.66.